The lowest BCUT2D eigenvalue weighted by atomic mass is 9.98. The second kappa shape index (κ2) is 9.02. The smallest absolute Gasteiger partial charge is 0.410 e. The molecule has 1 saturated heterocycles. The number of nitrogens with zero attached hydrogens (tertiary/aromatic N) is 1. The van der Waals surface area contributed by atoms with Gasteiger partial charge in [-0.15, -0.1) is 6.42 Å². The van der Waals surface area contributed by atoms with Gasteiger partial charge in [-0.1, -0.05) is 54.5 Å². The number of rotatable bonds is 5. The van der Waals surface area contributed by atoms with E-state index in [0.29, 0.717) is 0 Å². The fourth-order valence-corrected chi connectivity index (χ4v) is 4.37. The molecule has 2 aliphatic rings. The number of terminal acetylenes is 1. The van der Waals surface area contributed by atoms with E-state index in [-0.39, 0.29) is 32.1 Å². The van der Waals surface area contributed by atoms with E-state index >= 15 is 0 Å². The highest BCUT2D eigenvalue weighted by atomic mass is 16.6. The SMILES string of the molecule is C#CCOC(=O)N[C@@H]1C[C@H](C(=O)O)N(C(=O)OCC2c3ccccc3-c3ccccc32)C1. The largest absolute Gasteiger partial charge is 0.480 e. The van der Waals surface area contributed by atoms with Crippen molar-refractivity contribution in [2.45, 2.75) is 24.4 Å². The quantitative estimate of drug-likeness (QED) is 0.701. The third-order valence-corrected chi connectivity index (χ3v) is 5.77. The summed E-state index contributed by atoms with van der Waals surface area (Å²) < 4.78 is 10.3. The number of likely N-dealkylation sites (tertiary alicyclic amines) is 1. The lowest BCUT2D eigenvalue weighted by Gasteiger charge is -2.22. The van der Waals surface area contributed by atoms with Gasteiger partial charge in [0.15, 0.2) is 6.61 Å². The van der Waals surface area contributed by atoms with Crippen LogP contribution in [-0.4, -0.2) is 60.0 Å². The summed E-state index contributed by atoms with van der Waals surface area (Å²) in [5.41, 5.74) is 4.33. The molecule has 32 heavy (non-hydrogen) atoms. The highest BCUT2D eigenvalue weighted by Crippen LogP contribution is 2.44. The summed E-state index contributed by atoms with van der Waals surface area (Å²) in [4.78, 5) is 37.4. The van der Waals surface area contributed by atoms with Crippen LogP contribution in [0.1, 0.15) is 23.5 Å². The molecule has 2 amide bonds. The number of amides is 2. The van der Waals surface area contributed by atoms with Crippen molar-refractivity contribution < 1.29 is 29.0 Å². The van der Waals surface area contributed by atoms with Crippen LogP contribution >= 0.6 is 0 Å². The molecule has 2 atom stereocenters. The third kappa shape index (κ3) is 4.10. The number of ether oxygens (including phenoxy) is 2. The summed E-state index contributed by atoms with van der Waals surface area (Å²) in [7, 11) is 0. The van der Waals surface area contributed by atoms with Gasteiger partial charge in [-0.3, -0.25) is 4.90 Å². The van der Waals surface area contributed by atoms with Crippen LogP contribution in [0.2, 0.25) is 0 Å². The number of benzene rings is 2. The summed E-state index contributed by atoms with van der Waals surface area (Å²) in [5.74, 6) is 0.872. The Hall–Kier alpha value is -3.99. The Morgan fingerprint density at radius 2 is 1.69 bits per heavy atom. The number of nitrogens with one attached hydrogen (secondary N) is 1. The molecule has 1 heterocycles. The zero-order valence-electron chi connectivity index (χ0n) is 17.2. The Kier molecular flexibility index (Phi) is 5.99. The molecule has 0 aromatic heterocycles. The molecule has 2 aromatic carbocycles. The van der Waals surface area contributed by atoms with Gasteiger partial charge in [-0.2, -0.15) is 0 Å². The monoisotopic (exact) mass is 434 g/mol. The average Bonchev–Trinajstić information content (AvgIpc) is 3.36. The molecule has 4 rings (SSSR count). The zero-order valence-corrected chi connectivity index (χ0v) is 17.2. The lowest BCUT2D eigenvalue weighted by Crippen LogP contribution is -2.42. The number of hydrogen-bond acceptors (Lipinski definition) is 5. The van der Waals surface area contributed by atoms with E-state index < -0.39 is 30.2 Å². The molecule has 0 spiro atoms. The molecule has 2 N–H and O–H groups in total. The van der Waals surface area contributed by atoms with Crippen LogP contribution in [0.25, 0.3) is 11.1 Å². The molecule has 1 aliphatic carbocycles. The van der Waals surface area contributed by atoms with Crippen LogP contribution in [-0.2, 0) is 14.3 Å². The minimum atomic E-state index is -1.17. The van der Waals surface area contributed by atoms with Gasteiger partial charge in [-0.05, 0) is 22.3 Å². The Morgan fingerprint density at radius 3 is 2.28 bits per heavy atom. The van der Waals surface area contributed by atoms with E-state index in [1.807, 2.05) is 48.5 Å². The Morgan fingerprint density at radius 1 is 1.06 bits per heavy atom. The van der Waals surface area contributed by atoms with Gasteiger partial charge in [0.2, 0.25) is 0 Å². The fraction of sp³-hybridized carbons (Fsp3) is 0.292. The Balaban J connectivity index is 1.44. The van der Waals surface area contributed by atoms with Crippen LogP contribution in [0.15, 0.2) is 48.5 Å². The predicted molar refractivity (Wildman–Crippen MR) is 115 cm³/mol. The first-order valence-electron chi connectivity index (χ1n) is 10.2. The minimum Gasteiger partial charge on any atom is -0.480 e. The normalized spacial score (nSPS) is 18.9. The molecule has 2 aromatic rings. The molecule has 1 aliphatic heterocycles. The van der Waals surface area contributed by atoms with Crippen molar-refractivity contribution in [1.82, 2.24) is 10.2 Å². The van der Waals surface area contributed by atoms with Crippen LogP contribution in [0.5, 0.6) is 0 Å². The van der Waals surface area contributed by atoms with Gasteiger partial charge in [0.25, 0.3) is 0 Å². The highest BCUT2D eigenvalue weighted by molar-refractivity contribution is 5.82. The summed E-state index contributed by atoms with van der Waals surface area (Å²) in [5, 5.41) is 12.1. The standard InChI is InChI=1S/C24H22N2O6/c1-2-11-31-23(29)25-15-12-21(22(27)28)26(13-15)24(30)32-14-20-18-9-5-3-7-16(18)17-8-4-6-10-19(17)20/h1,3-10,15,20-21H,11-14H2,(H,25,29)(H,27,28)/t15-,21-/m1/s1. The van der Waals surface area contributed by atoms with Crippen LogP contribution < -0.4 is 5.32 Å². The van der Waals surface area contributed by atoms with E-state index in [0.717, 1.165) is 27.2 Å². The fourth-order valence-electron chi connectivity index (χ4n) is 4.37. The summed E-state index contributed by atoms with van der Waals surface area (Å²) in [6.07, 6.45) is 3.60. The van der Waals surface area contributed by atoms with Gasteiger partial charge in [0.1, 0.15) is 12.6 Å². The predicted octanol–water partition coefficient (Wildman–Crippen LogP) is 2.82. The van der Waals surface area contributed by atoms with Gasteiger partial charge in [0.05, 0.1) is 6.04 Å². The van der Waals surface area contributed by atoms with E-state index in [2.05, 4.69) is 11.2 Å². The highest BCUT2D eigenvalue weighted by Gasteiger charge is 2.42. The minimum absolute atomic E-state index is 0.00120. The number of alkyl carbamates (subject to hydrolysis) is 1. The second-order valence-corrected chi connectivity index (χ2v) is 7.67. The summed E-state index contributed by atoms with van der Waals surface area (Å²) in [6, 6.07) is 14.2. The number of carbonyl (C=O) groups is 3. The van der Waals surface area contributed by atoms with E-state index in [4.69, 9.17) is 15.9 Å². The molecule has 1 fully saturated rings. The number of carbonyl (C=O) groups excluding carboxylic acids is 2. The van der Waals surface area contributed by atoms with Crippen molar-refractivity contribution in [1.29, 1.82) is 0 Å². The van der Waals surface area contributed by atoms with Crippen molar-refractivity contribution in [3.63, 3.8) is 0 Å². The van der Waals surface area contributed by atoms with Crippen LogP contribution in [0.4, 0.5) is 9.59 Å². The topological polar surface area (TPSA) is 105 Å². The Labute approximate surface area is 185 Å². The molecule has 0 radical (unpaired) electrons. The van der Waals surface area contributed by atoms with E-state index in [9.17, 15) is 19.5 Å². The lowest BCUT2D eigenvalue weighted by molar-refractivity contribution is -0.141. The maximum atomic E-state index is 12.8. The van der Waals surface area contributed by atoms with Gasteiger partial charge >= 0.3 is 18.2 Å². The molecular weight excluding hydrogens is 412 g/mol. The third-order valence-electron chi connectivity index (χ3n) is 5.77. The van der Waals surface area contributed by atoms with Crippen molar-refractivity contribution in [2.75, 3.05) is 19.8 Å². The number of fused-ring (bicyclic) bond motifs is 3. The van der Waals surface area contributed by atoms with E-state index in [1.165, 1.54) is 0 Å². The first-order valence-corrected chi connectivity index (χ1v) is 10.2. The van der Waals surface area contributed by atoms with Gasteiger partial charge in [0, 0.05) is 18.9 Å². The zero-order chi connectivity index (χ0) is 22.7. The number of aliphatic carboxylic acids is 1. The molecule has 0 bridgehead atoms. The first kappa shape index (κ1) is 21.2. The van der Waals surface area contributed by atoms with Crippen molar-refractivity contribution >= 4 is 18.2 Å². The number of carboxylic acid groups (broad SMARTS) is 1. The van der Waals surface area contributed by atoms with Crippen LogP contribution in [0.3, 0.4) is 0 Å². The average molecular weight is 434 g/mol. The van der Waals surface area contributed by atoms with Crippen molar-refractivity contribution in [3.8, 4) is 23.5 Å². The van der Waals surface area contributed by atoms with Crippen molar-refractivity contribution in [2.24, 2.45) is 0 Å². The number of hydrogen-bond donors (Lipinski definition) is 2. The Bertz CT molecular complexity index is 1050. The van der Waals surface area contributed by atoms with Crippen LogP contribution in [0, 0.1) is 12.3 Å². The molecule has 0 unspecified atom stereocenters. The summed E-state index contributed by atoms with van der Waals surface area (Å²) >= 11 is 0. The molecule has 0 saturated carbocycles. The molecular formula is C24H22N2O6. The molecule has 8 nitrogen and oxygen atoms in total. The van der Waals surface area contributed by atoms with Crippen molar-refractivity contribution in [3.05, 3.63) is 59.7 Å². The maximum absolute atomic E-state index is 12.8. The second-order valence-electron chi connectivity index (χ2n) is 7.67. The maximum Gasteiger partial charge on any atom is 0.410 e. The van der Waals surface area contributed by atoms with Gasteiger partial charge < -0.3 is 19.9 Å². The first-order chi connectivity index (χ1) is 15.5. The molecule has 8 heteroatoms. The van der Waals surface area contributed by atoms with E-state index in [1.54, 1.807) is 0 Å². The van der Waals surface area contributed by atoms with Gasteiger partial charge in [-0.25, -0.2) is 14.4 Å². The summed E-state index contributed by atoms with van der Waals surface area (Å²) in [6.45, 7) is -0.117. The molecule has 164 valence electrons. The number of carboxylic acids is 1.